The van der Waals surface area contributed by atoms with Crippen LogP contribution in [-0.2, 0) is 35.9 Å². The number of carbonyl (C=O) groups excluding carboxylic acids is 1. The van der Waals surface area contributed by atoms with Gasteiger partial charge in [-0.2, -0.15) is 0 Å². The summed E-state index contributed by atoms with van der Waals surface area (Å²) in [4.78, 5) is 11.7. The summed E-state index contributed by atoms with van der Waals surface area (Å²) in [5.41, 5.74) is 0.428. The summed E-state index contributed by atoms with van der Waals surface area (Å²) in [6.45, 7) is 15.8. The van der Waals surface area contributed by atoms with Crippen LogP contribution in [0.3, 0.4) is 0 Å². The highest BCUT2D eigenvalue weighted by atomic mass is 16.6. The lowest BCUT2D eigenvalue weighted by molar-refractivity contribution is -0.127. The lowest BCUT2D eigenvalue weighted by Gasteiger charge is -2.17. The Morgan fingerprint density at radius 1 is 0.857 bits per heavy atom. The van der Waals surface area contributed by atoms with Crippen molar-refractivity contribution >= 4 is 5.78 Å². The molecule has 8 nitrogen and oxygen atoms in total. The first-order chi connectivity index (χ1) is 13.1. The van der Waals surface area contributed by atoms with Gasteiger partial charge in [-0.25, -0.2) is 4.68 Å². The van der Waals surface area contributed by atoms with Crippen molar-refractivity contribution in [2.75, 3.05) is 46.2 Å². The smallest absolute Gasteiger partial charge is 0.140 e. The van der Waals surface area contributed by atoms with Gasteiger partial charge in [0.05, 0.1) is 64.6 Å². The normalized spacial score (nSPS) is 12.5. The van der Waals surface area contributed by atoms with Crippen molar-refractivity contribution in [1.29, 1.82) is 0 Å². The van der Waals surface area contributed by atoms with E-state index in [4.69, 9.17) is 18.9 Å². The van der Waals surface area contributed by atoms with Crippen LogP contribution in [-0.4, -0.2) is 67.0 Å². The molecule has 1 rings (SSSR count). The van der Waals surface area contributed by atoms with Crippen LogP contribution in [0.2, 0.25) is 0 Å². The largest absolute Gasteiger partial charge is 0.379 e. The van der Waals surface area contributed by atoms with Crippen molar-refractivity contribution in [2.45, 2.75) is 60.1 Å². The number of nitrogens with zero attached hydrogens (tertiary/aromatic N) is 3. The minimum atomic E-state index is -0.300. The molecule has 0 spiro atoms. The van der Waals surface area contributed by atoms with Gasteiger partial charge in [0.15, 0.2) is 0 Å². The van der Waals surface area contributed by atoms with Gasteiger partial charge in [-0.1, -0.05) is 26.0 Å². The van der Waals surface area contributed by atoms with Crippen molar-refractivity contribution in [3.8, 4) is 0 Å². The molecule has 0 atom stereocenters. The molecule has 0 bridgehead atoms. The second-order valence-electron chi connectivity index (χ2n) is 8.64. The first-order valence-corrected chi connectivity index (χ1v) is 9.86. The van der Waals surface area contributed by atoms with Crippen molar-refractivity contribution in [3.63, 3.8) is 0 Å². The van der Waals surface area contributed by atoms with Gasteiger partial charge < -0.3 is 18.9 Å². The predicted octanol–water partition coefficient (Wildman–Crippen LogP) is 2.60. The second-order valence-corrected chi connectivity index (χ2v) is 8.64. The zero-order valence-electron chi connectivity index (χ0n) is 18.3. The molecule has 28 heavy (non-hydrogen) atoms. The fourth-order valence-corrected chi connectivity index (χ4v) is 2.07. The van der Waals surface area contributed by atoms with Gasteiger partial charge >= 0.3 is 0 Å². The van der Waals surface area contributed by atoms with Gasteiger partial charge in [0.1, 0.15) is 11.5 Å². The minimum Gasteiger partial charge on any atom is -0.379 e. The summed E-state index contributed by atoms with van der Waals surface area (Å²) in [6, 6.07) is 0. The van der Waals surface area contributed by atoms with Crippen LogP contribution in [0.1, 0.15) is 53.7 Å². The zero-order valence-corrected chi connectivity index (χ0v) is 18.3. The highest BCUT2D eigenvalue weighted by Gasteiger charge is 2.20. The SMILES string of the molecule is CC(C)(C)C(=O)CCOCCOCCOCCOCc1cn(C(C)(C)C)nn1. The van der Waals surface area contributed by atoms with E-state index in [1.165, 1.54) is 0 Å². The number of ether oxygens (including phenoxy) is 4. The van der Waals surface area contributed by atoms with Crippen LogP contribution < -0.4 is 0 Å². The molecule has 0 aliphatic rings. The maximum Gasteiger partial charge on any atom is 0.140 e. The highest BCUT2D eigenvalue weighted by molar-refractivity contribution is 5.83. The molecule has 0 saturated carbocycles. The minimum absolute atomic E-state index is 0.0801. The highest BCUT2D eigenvalue weighted by Crippen LogP contribution is 2.16. The summed E-state index contributed by atoms with van der Waals surface area (Å²) in [6.07, 6.45) is 2.34. The Kier molecular flexibility index (Phi) is 10.8. The zero-order chi connectivity index (χ0) is 21.0. The average molecular weight is 400 g/mol. The van der Waals surface area contributed by atoms with Crippen molar-refractivity contribution in [1.82, 2.24) is 15.0 Å². The first kappa shape index (κ1) is 24.7. The summed E-state index contributed by atoms with van der Waals surface area (Å²) >= 11 is 0. The van der Waals surface area contributed by atoms with E-state index in [1.807, 2.05) is 31.6 Å². The topological polar surface area (TPSA) is 84.7 Å². The van der Waals surface area contributed by atoms with Crippen molar-refractivity contribution < 1.29 is 23.7 Å². The standard InChI is InChI=1S/C20H37N3O5/c1-19(2,3)18(24)7-8-25-9-10-26-11-12-27-13-14-28-16-17-15-23(22-21-17)20(4,5)6/h15H,7-14,16H2,1-6H3. The van der Waals surface area contributed by atoms with E-state index in [0.29, 0.717) is 59.3 Å². The Bertz CT molecular complexity index is 561. The van der Waals surface area contributed by atoms with Crippen LogP contribution in [0, 0.1) is 5.41 Å². The molecule has 0 unspecified atom stereocenters. The number of hydrogen-bond acceptors (Lipinski definition) is 7. The molecule has 1 aromatic heterocycles. The van der Waals surface area contributed by atoms with E-state index in [1.54, 1.807) is 0 Å². The van der Waals surface area contributed by atoms with Crippen LogP contribution in [0.5, 0.6) is 0 Å². The summed E-state index contributed by atoms with van der Waals surface area (Å²) in [5.74, 6) is 0.211. The quantitative estimate of drug-likeness (QED) is 0.445. The van der Waals surface area contributed by atoms with Crippen LogP contribution in [0.25, 0.3) is 0 Å². The molecule has 0 aliphatic carbocycles. The number of hydrogen-bond donors (Lipinski definition) is 0. The lowest BCUT2D eigenvalue weighted by Crippen LogP contribution is -2.22. The molecular formula is C20H37N3O5. The van der Waals surface area contributed by atoms with Crippen LogP contribution in [0.4, 0.5) is 0 Å². The van der Waals surface area contributed by atoms with Gasteiger partial charge in [0.2, 0.25) is 0 Å². The Hall–Kier alpha value is -1.35. The van der Waals surface area contributed by atoms with Crippen LogP contribution in [0.15, 0.2) is 6.20 Å². The molecule has 0 aliphatic heterocycles. The molecule has 0 saturated heterocycles. The monoisotopic (exact) mass is 399 g/mol. The summed E-state index contributed by atoms with van der Waals surface area (Å²) < 4.78 is 23.6. The van der Waals surface area contributed by atoms with E-state index >= 15 is 0 Å². The van der Waals surface area contributed by atoms with E-state index in [-0.39, 0.29) is 16.7 Å². The second kappa shape index (κ2) is 12.3. The molecule has 8 heteroatoms. The Morgan fingerprint density at radius 3 is 1.82 bits per heavy atom. The van der Waals surface area contributed by atoms with E-state index < -0.39 is 0 Å². The van der Waals surface area contributed by atoms with Crippen molar-refractivity contribution in [3.05, 3.63) is 11.9 Å². The van der Waals surface area contributed by atoms with E-state index in [9.17, 15) is 4.79 Å². The maximum absolute atomic E-state index is 11.7. The molecule has 0 radical (unpaired) electrons. The molecule has 1 heterocycles. The molecule has 0 N–H and O–H groups in total. The summed E-state index contributed by atoms with van der Waals surface area (Å²) in [5, 5.41) is 8.18. The molecule has 0 amide bonds. The molecule has 162 valence electrons. The molecule has 0 aromatic carbocycles. The Morgan fingerprint density at radius 2 is 1.36 bits per heavy atom. The van der Waals surface area contributed by atoms with Gasteiger partial charge in [-0.3, -0.25) is 4.79 Å². The fourth-order valence-electron chi connectivity index (χ4n) is 2.07. The maximum atomic E-state index is 11.7. The third-order valence-electron chi connectivity index (χ3n) is 3.90. The molecule has 0 fully saturated rings. The Balaban J connectivity index is 1.88. The predicted molar refractivity (Wildman–Crippen MR) is 106 cm³/mol. The van der Waals surface area contributed by atoms with Gasteiger partial charge in [-0.15, -0.1) is 5.10 Å². The van der Waals surface area contributed by atoms with Crippen molar-refractivity contribution in [2.24, 2.45) is 5.41 Å². The number of rotatable bonds is 14. The number of ketones is 1. The van der Waals surface area contributed by atoms with Gasteiger partial charge in [0, 0.05) is 11.8 Å². The first-order valence-electron chi connectivity index (χ1n) is 9.86. The fraction of sp³-hybridized carbons (Fsp3) is 0.850. The van der Waals surface area contributed by atoms with Gasteiger partial charge in [0.25, 0.3) is 0 Å². The van der Waals surface area contributed by atoms with Gasteiger partial charge in [-0.05, 0) is 20.8 Å². The van der Waals surface area contributed by atoms with Crippen LogP contribution >= 0.6 is 0 Å². The molecule has 1 aromatic rings. The third kappa shape index (κ3) is 10.8. The molecular weight excluding hydrogens is 362 g/mol. The number of carbonyl (C=O) groups is 1. The lowest BCUT2D eigenvalue weighted by atomic mass is 9.89. The third-order valence-corrected chi connectivity index (χ3v) is 3.90. The Labute approximate surface area is 168 Å². The van der Waals surface area contributed by atoms with E-state index in [2.05, 4.69) is 31.1 Å². The number of aromatic nitrogens is 3. The summed E-state index contributed by atoms with van der Waals surface area (Å²) in [7, 11) is 0. The average Bonchev–Trinajstić information content (AvgIpc) is 3.07. The van der Waals surface area contributed by atoms with E-state index in [0.717, 1.165) is 5.69 Å². The number of Topliss-reactive ketones (excluding diaryl/α,β-unsaturated/α-hetero) is 1.